The number of amides is 3. The first kappa shape index (κ1) is 27.5. The van der Waals surface area contributed by atoms with Gasteiger partial charge in [0.05, 0.1) is 18.8 Å². The van der Waals surface area contributed by atoms with E-state index < -0.39 is 60.2 Å². The molecule has 0 fully saturated rings. The van der Waals surface area contributed by atoms with Gasteiger partial charge in [0, 0.05) is 18.3 Å². The van der Waals surface area contributed by atoms with Crippen molar-refractivity contribution in [3.8, 4) is 0 Å². The van der Waals surface area contributed by atoms with E-state index in [1.54, 1.807) is 0 Å². The van der Waals surface area contributed by atoms with E-state index in [0.717, 1.165) is 0 Å². The molecule has 10 N–H and O–H groups in total. The van der Waals surface area contributed by atoms with Crippen LogP contribution in [0.5, 0.6) is 0 Å². The van der Waals surface area contributed by atoms with Gasteiger partial charge in [-0.05, 0) is 26.3 Å². The van der Waals surface area contributed by atoms with Crippen molar-refractivity contribution in [1.82, 2.24) is 25.9 Å². The SMILES string of the molecule is CC(NC(=O)C(CC(=O)O)NC(=O)C(Cc1cnc[nH]1)NC(=O)C(N)CCCCN)C(=O)O. The Morgan fingerprint density at radius 1 is 1.03 bits per heavy atom. The number of nitrogens with two attached hydrogens (primary N) is 2. The molecule has 0 bridgehead atoms. The van der Waals surface area contributed by atoms with Crippen molar-refractivity contribution in [3.63, 3.8) is 0 Å². The molecule has 0 aliphatic rings. The summed E-state index contributed by atoms with van der Waals surface area (Å²) in [6, 6.07) is -4.99. The van der Waals surface area contributed by atoms with Gasteiger partial charge in [-0.3, -0.25) is 24.0 Å². The van der Waals surface area contributed by atoms with Crippen molar-refractivity contribution >= 4 is 29.7 Å². The second-order valence-electron chi connectivity index (χ2n) is 7.46. The Morgan fingerprint density at radius 2 is 1.67 bits per heavy atom. The molecule has 1 aromatic heterocycles. The molecule has 14 nitrogen and oxygen atoms in total. The summed E-state index contributed by atoms with van der Waals surface area (Å²) in [7, 11) is 0. The number of hydrogen-bond donors (Lipinski definition) is 8. The lowest BCUT2D eigenvalue weighted by atomic mass is 10.1. The Morgan fingerprint density at radius 3 is 2.21 bits per heavy atom. The molecule has 0 aliphatic heterocycles. The fraction of sp³-hybridized carbons (Fsp3) is 0.579. The van der Waals surface area contributed by atoms with Crippen molar-refractivity contribution in [2.45, 2.75) is 63.2 Å². The van der Waals surface area contributed by atoms with Gasteiger partial charge in [0.1, 0.15) is 18.1 Å². The van der Waals surface area contributed by atoms with Crippen LogP contribution >= 0.6 is 0 Å². The minimum Gasteiger partial charge on any atom is -0.481 e. The smallest absolute Gasteiger partial charge is 0.325 e. The van der Waals surface area contributed by atoms with Crippen LogP contribution in [0.2, 0.25) is 0 Å². The van der Waals surface area contributed by atoms with Gasteiger partial charge < -0.3 is 42.6 Å². The number of unbranched alkanes of at least 4 members (excludes halogenated alkanes) is 1. The monoisotopic (exact) mass is 469 g/mol. The van der Waals surface area contributed by atoms with Crippen LogP contribution in [-0.4, -0.2) is 80.6 Å². The third kappa shape index (κ3) is 10.1. The van der Waals surface area contributed by atoms with Crippen molar-refractivity contribution in [1.29, 1.82) is 0 Å². The molecule has 1 heterocycles. The van der Waals surface area contributed by atoms with E-state index in [4.69, 9.17) is 21.7 Å². The van der Waals surface area contributed by atoms with Crippen LogP contribution in [-0.2, 0) is 30.4 Å². The maximum absolute atomic E-state index is 12.9. The summed E-state index contributed by atoms with van der Waals surface area (Å²) < 4.78 is 0. The largest absolute Gasteiger partial charge is 0.481 e. The Hall–Kier alpha value is -3.52. The van der Waals surface area contributed by atoms with E-state index >= 15 is 0 Å². The van der Waals surface area contributed by atoms with Crippen LogP contribution in [0, 0.1) is 0 Å². The van der Waals surface area contributed by atoms with Crippen molar-refractivity contribution in [2.75, 3.05) is 6.54 Å². The van der Waals surface area contributed by atoms with Gasteiger partial charge in [0.25, 0.3) is 0 Å². The molecule has 33 heavy (non-hydrogen) atoms. The number of H-pyrrole nitrogens is 1. The highest BCUT2D eigenvalue weighted by molar-refractivity contribution is 5.95. The molecule has 3 amide bonds. The standard InChI is InChI=1S/C19H31N7O7/c1-10(19(32)33)24-17(30)14(7-15(27)28)26-18(31)13(6-11-8-22-9-23-11)25-16(29)12(21)4-2-3-5-20/h8-10,12-14H,2-7,20-21H2,1H3,(H,22,23)(H,24,30)(H,25,29)(H,26,31)(H,27,28)(H,32,33). The summed E-state index contributed by atoms with van der Waals surface area (Å²) in [5, 5.41) is 24.9. The third-order valence-electron chi connectivity index (χ3n) is 4.66. The Kier molecular flexibility index (Phi) is 11.5. The highest BCUT2D eigenvalue weighted by Crippen LogP contribution is 2.04. The van der Waals surface area contributed by atoms with Crippen molar-refractivity contribution in [3.05, 3.63) is 18.2 Å². The number of aromatic nitrogens is 2. The number of aromatic amines is 1. The topological polar surface area (TPSA) is 243 Å². The maximum Gasteiger partial charge on any atom is 0.325 e. The normalized spacial score (nSPS) is 14.4. The first-order valence-corrected chi connectivity index (χ1v) is 10.3. The van der Waals surface area contributed by atoms with Gasteiger partial charge in [0.15, 0.2) is 0 Å². The number of nitrogens with one attached hydrogen (secondary N) is 4. The number of carbonyl (C=O) groups is 5. The average Bonchev–Trinajstić information content (AvgIpc) is 3.25. The first-order valence-electron chi connectivity index (χ1n) is 10.3. The molecule has 4 unspecified atom stereocenters. The molecule has 0 saturated heterocycles. The summed E-state index contributed by atoms with van der Waals surface area (Å²) in [4.78, 5) is 66.5. The predicted molar refractivity (Wildman–Crippen MR) is 115 cm³/mol. The zero-order valence-corrected chi connectivity index (χ0v) is 18.2. The number of aliphatic carboxylic acids is 2. The lowest BCUT2D eigenvalue weighted by Gasteiger charge is -2.24. The summed E-state index contributed by atoms with van der Waals surface area (Å²) in [6.45, 7) is 1.64. The van der Waals surface area contributed by atoms with E-state index in [-0.39, 0.29) is 6.42 Å². The van der Waals surface area contributed by atoms with Crippen LogP contribution in [0.25, 0.3) is 0 Å². The molecule has 0 aromatic carbocycles. The molecule has 14 heteroatoms. The zero-order chi connectivity index (χ0) is 25.0. The van der Waals surface area contributed by atoms with Gasteiger partial charge in [-0.15, -0.1) is 0 Å². The lowest BCUT2D eigenvalue weighted by molar-refractivity contribution is -0.143. The molecular formula is C19H31N7O7. The fourth-order valence-electron chi connectivity index (χ4n) is 2.78. The highest BCUT2D eigenvalue weighted by Gasteiger charge is 2.31. The van der Waals surface area contributed by atoms with Crippen molar-refractivity contribution < 1.29 is 34.2 Å². The number of carboxylic acid groups (broad SMARTS) is 2. The molecule has 4 atom stereocenters. The quantitative estimate of drug-likeness (QED) is 0.125. The number of rotatable bonds is 15. The number of carboxylic acids is 2. The van der Waals surface area contributed by atoms with Crippen molar-refractivity contribution in [2.24, 2.45) is 11.5 Å². The molecule has 184 valence electrons. The molecule has 0 radical (unpaired) electrons. The van der Waals surface area contributed by atoms with Gasteiger partial charge in [-0.25, -0.2) is 4.98 Å². The Balaban J connectivity index is 2.95. The van der Waals surface area contributed by atoms with E-state index in [9.17, 15) is 24.0 Å². The van der Waals surface area contributed by atoms with Crippen LogP contribution in [0.1, 0.15) is 38.3 Å². The van der Waals surface area contributed by atoms with Gasteiger partial charge in [-0.1, -0.05) is 6.42 Å². The van der Waals surface area contributed by atoms with Gasteiger partial charge in [-0.2, -0.15) is 0 Å². The molecule has 1 rings (SSSR count). The molecule has 0 spiro atoms. The number of hydrogen-bond acceptors (Lipinski definition) is 8. The number of nitrogens with zero attached hydrogens (tertiary/aromatic N) is 1. The molecule has 0 aliphatic carbocycles. The summed E-state index contributed by atoms with van der Waals surface area (Å²) in [5.41, 5.74) is 11.8. The van der Waals surface area contributed by atoms with Gasteiger partial charge >= 0.3 is 11.9 Å². The van der Waals surface area contributed by atoms with E-state index in [0.29, 0.717) is 31.5 Å². The summed E-state index contributed by atoms with van der Waals surface area (Å²) in [6.07, 6.45) is 3.61. The second kappa shape index (κ2) is 13.8. The van der Waals surface area contributed by atoms with E-state index in [1.807, 2.05) is 0 Å². The minimum absolute atomic E-state index is 0.0416. The lowest BCUT2D eigenvalue weighted by Crippen LogP contribution is -2.57. The zero-order valence-electron chi connectivity index (χ0n) is 18.2. The van der Waals surface area contributed by atoms with Crippen LogP contribution < -0.4 is 27.4 Å². The van der Waals surface area contributed by atoms with Crippen LogP contribution in [0.4, 0.5) is 0 Å². The maximum atomic E-state index is 12.9. The van der Waals surface area contributed by atoms with Gasteiger partial charge in [0.2, 0.25) is 17.7 Å². The molecule has 1 aromatic rings. The second-order valence-corrected chi connectivity index (χ2v) is 7.46. The predicted octanol–water partition coefficient (Wildman–Crippen LogP) is -2.56. The number of carbonyl (C=O) groups excluding carboxylic acids is 3. The fourth-order valence-corrected chi connectivity index (χ4v) is 2.78. The minimum atomic E-state index is -1.57. The molecule has 0 saturated carbocycles. The summed E-state index contributed by atoms with van der Waals surface area (Å²) >= 11 is 0. The van der Waals surface area contributed by atoms with E-state index in [2.05, 4.69) is 25.9 Å². The Labute approximate surface area is 189 Å². The first-order chi connectivity index (χ1) is 15.5. The highest BCUT2D eigenvalue weighted by atomic mass is 16.4. The van der Waals surface area contributed by atoms with Crippen LogP contribution in [0.3, 0.4) is 0 Å². The Bertz CT molecular complexity index is 815. The molecular weight excluding hydrogens is 438 g/mol. The number of imidazole rings is 1. The van der Waals surface area contributed by atoms with E-state index in [1.165, 1.54) is 19.4 Å². The third-order valence-corrected chi connectivity index (χ3v) is 4.66. The average molecular weight is 469 g/mol. The summed E-state index contributed by atoms with van der Waals surface area (Å²) in [5.74, 6) is -5.18. The van der Waals surface area contributed by atoms with Crippen LogP contribution in [0.15, 0.2) is 12.5 Å².